The van der Waals surface area contributed by atoms with E-state index >= 15 is 0 Å². The highest BCUT2D eigenvalue weighted by atomic mass is 79.9. The van der Waals surface area contributed by atoms with E-state index < -0.39 is 11.2 Å². The Balaban J connectivity index is 2.54. The van der Waals surface area contributed by atoms with Gasteiger partial charge in [0.15, 0.2) is 0 Å². The maximum absolute atomic E-state index is 14.1. The van der Waals surface area contributed by atoms with Crippen molar-refractivity contribution in [3.63, 3.8) is 0 Å². The molecule has 0 radical (unpaired) electrons. The van der Waals surface area contributed by atoms with Crippen LogP contribution in [-0.2, 0) is 0 Å². The Labute approximate surface area is 135 Å². The van der Waals surface area contributed by atoms with Crippen molar-refractivity contribution in [3.05, 3.63) is 62.3 Å². The molecule has 1 atom stereocenters. The predicted molar refractivity (Wildman–Crippen MR) is 84.5 cm³/mol. The first kappa shape index (κ1) is 15.6. The van der Waals surface area contributed by atoms with Crippen LogP contribution in [0.1, 0.15) is 22.1 Å². The lowest BCUT2D eigenvalue weighted by Gasteiger charge is -2.16. The molecular formula is C15H12BrCl2FO. The summed E-state index contributed by atoms with van der Waals surface area (Å²) in [6, 6.07) is 8.46. The Morgan fingerprint density at radius 2 is 1.90 bits per heavy atom. The molecule has 0 bridgehead atoms. The molecule has 0 saturated carbocycles. The topological polar surface area (TPSA) is 9.23 Å². The molecule has 2 rings (SSSR count). The van der Waals surface area contributed by atoms with Gasteiger partial charge in [0.1, 0.15) is 11.6 Å². The number of hydrogen-bond acceptors (Lipinski definition) is 1. The minimum absolute atomic E-state index is 0.323. The van der Waals surface area contributed by atoms with Crippen molar-refractivity contribution in [1.82, 2.24) is 0 Å². The van der Waals surface area contributed by atoms with E-state index in [2.05, 4.69) is 15.9 Å². The van der Waals surface area contributed by atoms with E-state index in [0.717, 1.165) is 5.56 Å². The quantitative estimate of drug-likeness (QED) is 0.478. The van der Waals surface area contributed by atoms with Crippen molar-refractivity contribution in [2.45, 2.75) is 12.3 Å². The number of ether oxygens (including phenoxy) is 1. The van der Waals surface area contributed by atoms with Crippen LogP contribution in [0.25, 0.3) is 0 Å². The molecule has 5 heteroatoms. The van der Waals surface area contributed by atoms with Gasteiger partial charge < -0.3 is 4.74 Å². The molecule has 0 aliphatic rings. The monoisotopic (exact) mass is 376 g/mol. The van der Waals surface area contributed by atoms with Gasteiger partial charge in [0.05, 0.1) is 17.5 Å². The molecule has 106 valence electrons. The van der Waals surface area contributed by atoms with Crippen LogP contribution in [0.3, 0.4) is 0 Å². The van der Waals surface area contributed by atoms with E-state index in [1.54, 1.807) is 7.11 Å². The van der Waals surface area contributed by atoms with Crippen molar-refractivity contribution in [2.75, 3.05) is 7.11 Å². The number of rotatable bonds is 3. The molecule has 0 aliphatic heterocycles. The van der Waals surface area contributed by atoms with Gasteiger partial charge in [-0.1, -0.05) is 29.3 Å². The van der Waals surface area contributed by atoms with Crippen LogP contribution in [0, 0.1) is 12.7 Å². The number of alkyl halides is 1. The van der Waals surface area contributed by atoms with Crippen molar-refractivity contribution in [3.8, 4) is 5.75 Å². The molecule has 2 aromatic carbocycles. The maximum atomic E-state index is 14.1. The fraction of sp³-hybridized carbons (Fsp3) is 0.200. The van der Waals surface area contributed by atoms with Crippen LogP contribution in [0.2, 0.25) is 5.02 Å². The number of methoxy groups -OCH3 is 1. The second kappa shape index (κ2) is 6.33. The molecule has 1 unspecified atom stereocenters. The lowest BCUT2D eigenvalue weighted by Crippen LogP contribution is -2.01. The normalized spacial score (nSPS) is 12.3. The average molecular weight is 378 g/mol. The first-order chi connectivity index (χ1) is 9.43. The molecule has 20 heavy (non-hydrogen) atoms. The van der Waals surface area contributed by atoms with Crippen LogP contribution in [0.5, 0.6) is 5.75 Å². The van der Waals surface area contributed by atoms with E-state index in [9.17, 15) is 4.39 Å². The summed E-state index contributed by atoms with van der Waals surface area (Å²) in [5, 5.41) is -0.255. The number of benzene rings is 2. The zero-order chi connectivity index (χ0) is 14.9. The second-order valence-corrected chi connectivity index (χ2v) is 6.09. The lowest BCUT2D eigenvalue weighted by molar-refractivity contribution is 0.410. The lowest BCUT2D eigenvalue weighted by atomic mass is 10.0. The SMILES string of the molecule is COc1ccc(C)cc1C(Cl)c1cc(Cl)c(Br)cc1F. The van der Waals surface area contributed by atoms with E-state index in [0.29, 0.717) is 26.4 Å². The highest BCUT2D eigenvalue weighted by Gasteiger charge is 2.20. The van der Waals surface area contributed by atoms with Crippen molar-refractivity contribution < 1.29 is 9.13 Å². The van der Waals surface area contributed by atoms with E-state index in [-0.39, 0.29) is 0 Å². The van der Waals surface area contributed by atoms with Crippen LogP contribution in [-0.4, -0.2) is 7.11 Å². The largest absolute Gasteiger partial charge is 0.496 e. The van der Waals surface area contributed by atoms with Gasteiger partial charge in [0.25, 0.3) is 0 Å². The molecule has 0 saturated heterocycles. The van der Waals surface area contributed by atoms with E-state index in [4.69, 9.17) is 27.9 Å². The summed E-state index contributed by atoms with van der Waals surface area (Å²) < 4.78 is 19.9. The molecule has 0 fully saturated rings. The van der Waals surface area contributed by atoms with Crippen LogP contribution < -0.4 is 4.74 Å². The third kappa shape index (κ3) is 3.11. The van der Waals surface area contributed by atoms with Gasteiger partial charge in [-0.05, 0) is 41.1 Å². The van der Waals surface area contributed by atoms with Crippen LogP contribution >= 0.6 is 39.1 Å². The Morgan fingerprint density at radius 3 is 2.55 bits per heavy atom. The predicted octanol–water partition coefficient (Wildman–Crippen LogP) is 5.89. The highest BCUT2D eigenvalue weighted by molar-refractivity contribution is 9.10. The van der Waals surface area contributed by atoms with Gasteiger partial charge >= 0.3 is 0 Å². The summed E-state index contributed by atoms with van der Waals surface area (Å²) in [7, 11) is 1.56. The van der Waals surface area contributed by atoms with Crippen molar-refractivity contribution in [1.29, 1.82) is 0 Å². The molecule has 0 amide bonds. The molecule has 1 nitrogen and oxygen atoms in total. The summed E-state index contributed by atoms with van der Waals surface area (Å²) in [6.45, 7) is 1.94. The minimum Gasteiger partial charge on any atom is -0.496 e. The Bertz CT molecular complexity index is 646. The highest BCUT2D eigenvalue weighted by Crippen LogP contribution is 2.39. The average Bonchev–Trinajstić information content (AvgIpc) is 2.42. The molecule has 0 N–H and O–H groups in total. The van der Waals surface area contributed by atoms with Gasteiger partial charge in [0.2, 0.25) is 0 Å². The molecule has 0 heterocycles. The smallest absolute Gasteiger partial charge is 0.129 e. The molecule has 0 aromatic heterocycles. The number of aryl methyl sites for hydroxylation is 1. The maximum Gasteiger partial charge on any atom is 0.129 e. The first-order valence-electron chi connectivity index (χ1n) is 5.87. The summed E-state index contributed by atoms with van der Waals surface area (Å²) in [5.41, 5.74) is 2.06. The van der Waals surface area contributed by atoms with Gasteiger partial charge in [-0.25, -0.2) is 4.39 Å². The Hall–Kier alpha value is -0.770. The zero-order valence-corrected chi connectivity index (χ0v) is 14.0. The summed E-state index contributed by atoms with van der Waals surface area (Å²) in [6.07, 6.45) is 0. The Morgan fingerprint density at radius 1 is 1.20 bits per heavy atom. The Kier molecular flexibility index (Phi) is 4.95. The van der Waals surface area contributed by atoms with Crippen molar-refractivity contribution in [2.24, 2.45) is 0 Å². The fourth-order valence-electron chi connectivity index (χ4n) is 1.95. The summed E-state index contributed by atoms with van der Waals surface area (Å²) >= 11 is 15.6. The van der Waals surface area contributed by atoms with E-state index in [1.807, 2.05) is 25.1 Å². The fourth-order valence-corrected chi connectivity index (χ4v) is 2.78. The molecular weight excluding hydrogens is 366 g/mol. The second-order valence-electron chi connectivity index (χ2n) is 4.40. The molecule has 0 spiro atoms. The van der Waals surface area contributed by atoms with Gasteiger partial charge in [-0.3, -0.25) is 0 Å². The van der Waals surface area contributed by atoms with Gasteiger partial charge in [-0.2, -0.15) is 0 Å². The third-order valence-electron chi connectivity index (χ3n) is 2.97. The van der Waals surface area contributed by atoms with Gasteiger partial charge in [0, 0.05) is 15.6 Å². The van der Waals surface area contributed by atoms with E-state index in [1.165, 1.54) is 12.1 Å². The number of hydrogen-bond donors (Lipinski definition) is 0. The molecule has 2 aromatic rings. The zero-order valence-electron chi connectivity index (χ0n) is 10.9. The summed E-state index contributed by atoms with van der Waals surface area (Å²) in [4.78, 5) is 0. The minimum atomic E-state index is -0.671. The van der Waals surface area contributed by atoms with Crippen LogP contribution in [0.15, 0.2) is 34.8 Å². The van der Waals surface area contributed by atoms with Crippen LogP contribution in [0.4, 0.5) is 4.39 Å². The third-order valence-corrected chi connectivity index (χ3v) is 4.64. The first-order valence-corrected chi connectivity index (χ1v) is 7.48. The van der Waals surface area contributed by atoms with Gasteiger partial charge in [-0.15, -0.1) is 11.6 Å². The molecule has 0 aliphatic carbocycles. The van der Waals surface area contributed by atoms with Crippen molar-refractivity contribution >= 4 is 39.1 Å². The summed E-state index contributed by atoms with van der Waals surface area (Å²) in [5.74, 6) is 0.207. The standard InChI is InChI=1S/C15H12BrCl2FO/c1-8-3-4-14(20-2)10(5-8)15(18)9-6-12(17)11(16)7-13(9)19/h3-7,15H,1-2H3. The number of halogens is 4.